The summed E-state index contributed by atoms with van der Waals surface area (Å²) in [5.74, 6) is -1.05. The summed E-state index contributed by atoms with van der Waals surface area (Å²) in [7, 11) is 0. The van der Waals surface area contributed by atoms with Crippen LogP contribution in [0.2, 0.25) is 0 Å². The third-order valence-electron chi connectivity index (χ3n) is 4.14. The SMILES string of the molecule is O=C(O)c1ccccc1NC(=O)N1CCOC2CCCC21. The average molecular weight is 290 g/mol. The highest BCUT2D eigenvalue weighted by Crippen LogP contribution is 2.30. The lowest BCUT2D eigenvalue weighted by atomic mass is 10.1. The molecule has 3 rings (SSSR count). The number of morpholine rings is 1. The van der Waals surface area contributed by atoms with Gasteiger partial charge in [-0.3, -0.25) is 0 Å². The Kier molecular flexibility index (Phi) is 3.79. The zero-order valence-electron chi connectivity index (χ0n) is 11.6. The third kappa shape index (κ3) is 2.71. The van der Waals surface area contributed by atoms with Gasteiger partial charge < -0.3 is 20.1 Å². The standard InChI is InChI=1S/C15H18N2O4/c18-14(19)10-4-1-2-5-11(10)16-15(20)17-8-9-21-13-7-3-6-12(13)17/h1-2,4-5,12-13H,3,6-9H2,(H,16,20)(H,18,19). The largest absolute Gasteiger partial charge is 0.478 e. The zero-order chi connectivity index (χ0) is 14.8. The van der Waals surface area contributed by atoms with Crippen LogP contribution in [0.15, 0.2) is 24.3 Å². The lowest BCUT2D eigenvalue weighted by molar-refractivity contribution is -0.0362. The van der Waals surface area contributed by atoms with Gasteiger partial charge in [0.05, 0.1) is 30.0 Å². The van der Waals surface area contributed by atoms with E-state index in [1.54, 1.807) is 23.1 Å². The molecule has 1 aliphatic carbocycles. The van der Waals surface area contributed by atoms with Crippen molar-refractivity contribution in [2.75, 3.05) is 18.5 Å². The highest BCUT2D eigenvalue weighted by molar-refractivity contribution is 6.00. The Morgan fingerprint density at radius 1 is 1.29 bits per heavy atom. The van der Waals surface area contributed by atoms with Gasteiger partial charge >= 0.3 is 12.0 Å². The molecule has 0 radical (unpaired) electrons. The molecule has 0 spiro atoms. The lowest BCUT2D eigenvalue weighted by Gasteiger charge is -2.37. The molecular weight excluding hydrogens is 272 g/mol. The Morgan fingerprint density at radius 2 is 2.10 bits per heavy atom. The topological polar surface area (TPSA) is 78.9 Å². The van der Waals surface area contributed by atoms with Gasteiger partial charge in [0.15, 0.2) is 0 Å². The number of nitrogens with one attached hydrogen (secondary N) is 1. The molecule has 0 bridgehead atoms. The smallest absolute Gasteiger partial charge is 0.337 e. The second-order valence-corrected chi connectivity index (χ2v) is 5.38. The zero-order valence-corrected chi connectivity index (χ0v) is 11.6. The summed E-state index contributed by atoms with van der Waals surface area (Å²) >= 11 is 0. The van der Waals surface area contributed by atoms with Crippen LogP contribution in [0.5, 0.6) is 0 Å². The van der Waals surface area contributed by atoms with Crippen LogP contribution >= 0.6 is 0 Å². The van der Waals surface area contributed by atoms with Crippen molar-refractivity contribution < 1.29 is 19.4 Å². The van der Waals surface area contributed by atoms with Crippen LogP contribution in [-0.4, -0.2) is 47.3 Å². The Morgan fingerprint density at radius 3 is 2.90 bits per heavy atom. The first-order valence-corrected chi connectivity index (χ1v) is 7.18. The number of aromatic carboxylic acids is 1. The number of ether oxygens (including phenoxy) is 1. The van der Waals surface area contributed by atoms with Crippen LogP contribution in [-0.2, 0) is 4.74 Å². The van der Waals surface area contributed by atoms with E-state index in [0.29, 0.717) is 18.8 Å². The summed E-state index contributed by atoms with van der Waals surface area (Å²) in [6.07, 6.45) is 3.11. The molecule has 2 fully saturated rings. The molecule has 2 unspecified atom stereocenters. The van der Waals surface area contributed by atoms with Crippen molar-refractivity contribution in [2.45, 2.75) is 31.4 Å². The van der Waals surface area contributed by atoms with E-state index in [1.165, 1.54) is 6.07 Å². The van der Waals surface area contributed by atoms with E-state index in [0.717, 1.165) is 19.3 Å². The number of carbonyl (C=O) groups excluding carboxylic acids is 1. The van der Waals surface area contributed by atoms with Gasteiger partial charge in [-0.15, -0.1) is 0 Å². The van der Waals surface area contributed by atoms with Gasteiger partial charge in [-0.05, 0) is 31.4 Å². The van der Waals surface area contributed by atoms with Crippen molar-refractivity contribution in [1.29, 1.82) is 0 Å². The van der Waals surface area contributed by atoms with Gasteiger partial charge in [0.1, 0.15) is 0 Å². The minimum absolute atomic E-state index is 0.0991. The highest BCUT2D eigenvalue weighted by Gasteiger charge is 2.38. The summed E-state index contributed by atoms with van der Waals surface area (Å²) < 4.78 is 5.68. The fourth-order valence-corrected chi connectivity index (χ4v) is 3.14. The minimum atomic E-state index is -1.05. The Hall–Kier alpha value is -2.08. The van der Waals surface area contributed by atoms with Crippen molar-refractivity contribution in [2.24, 2.45) is 0 Å². The van der Waals surface area contributed by atoms with Gasteiger partial charge in [0.25, 0.3) is 0 Å². The van der Waals surface area contributed by atoms with E-state index in [4.69, 9.17) is 9.84 Å². The summed E-state index contributed by atoms with van der Waals surface area (Å²) in [6.45, 7) is 1.08. The second-order valence-electron chi connectivity index (χ2n) is 5.38. The molecule has 21 heavy (non-hydrogen) atoms. The number of para-hydroxylation sites is 1. The molecule has 2 amide bonds. The number of anilines is 1. The van der Waals surface area contributed by atoms with E-state index in [2.05, 4.69) is 5.32 Å². The number of hydrogen-bond donors (Lipinski definition) is 2. The number of rotatable bonds is 2. The molecule has 1 aromatic carbocycles. The third-order valence-corrected chi connectivity index (χ3v) is 4.14. The van der Waals surface area contributed by atoms with Crippen molar-refractivity contribution in [3.05, 3.63) is 29.8 Å². The molecule has 112 valence electrons. The normalized spacial score (nSPS) is 24.5. The fourth-order valence-electron chi connectivity index (χ4n) is 3.14. The maximum absolute atomic E-state index is 12.5. The van der Waals surface area contributed by atoms with Crippen LogP contribution in [0.1, 0.15) is 29.6 Å². The number of nitrogens with zero attached hydrogens (tertiary/aromatic N) is 1. The number of carboxylic acids is 1. The van der Waals surface area contributed by atoms with E-state index >= 15 is 0 Å². The van der Waals surface area contributed by atoms with Crippen molar-refractivity contribution >= 4 is 17.7 Å². The maximum Gasteiger partial charge on any atom is 0.337 e. The molecule has 6 nitrogen and oxygen atoms in total. The van der Waals surface area contributed by atoms with Crippen molar-refractivity contribution in [1.82, 2.24) is 4.90 Å². The first-order chi connectivity index (χ1) is 10.2. The fraction of sp³-hybridized carbons (Fsp3) is 0.467. The molecular formula is C15H18N2O4. The molecule has 1 aromatic rings. The van der Waals surface area contributed by atoms with Crippen LogP contribution < -0.4 is 5.32 Å². The molecule has 6 heteroatoms. The maximum atomic E-state index is 12.5. The van der Waals surface area contributed by atoms with Gasteiger partial charge in [-0.25, -0.2) is 9.59 Å². The molecule has 0 aromatic heterocycles. The van der Waals surface area contributed by atoms with Crippen LogP contribution in [0, 0.1) is 0 Å². The summed E-state index contributed by atoms with van der Waals surface area (Å²) in [4.78, 5) is 25.4. The Labute approximate surface area is 122 Å². The first-order valence-electron chi connectivity index (χ1n) is 7.18. The summed E-state index contributed by atoms with van der Waals surface area (Å²) in [5, 5.41) is 11.9. The number of amides is 2. The molecule has 2 atom stereocenters. The number of urea groups is 1. The predicted molar refractivity (Wildman–Crippen MR) is 76.5 cm³/mol. The van der Waals surface area contributed by atoms with Crippen LogP contribution in [0.3, 0.4) is 0 Å². The molecule has 2 N–H and O–H groups in total. The lowest BCUT2D eigenvalue weighted by Crippen LogP contribution is -2.52. The van der Waals surface area contributed by atoms with Gasteiger partial charge in [0, 0.05) is 6.54 Å². The Bertz CT molecular complexity index is 560. The molecule has 1 saturated carbocycles. The molecule has 2 aliphatic rings. The predicted octanol–water partition coefficient (Wildman–Crippen LogP) is 2.17. The summed E-state index contributed by atoms with van der Waals surface area (Å²) in [6, 6.07) is 6.30. The van der Waals surface area contributed by atoms with Gasteiger partial charge in [-0.1, -0.05) is 12.1 Å². The number of benzene rings is 1. The number of carboxylic acid groups (broad SMARTS) is 1. The van der Waals surface area contributed by atoms with E-state index in [-0.39, 0.29) is 23.7 Å². The van der Waals surface area contributed by atoms with E-state index in [1.807, 2.05) is 0 Å². The number of carbonyl (C=O) groups is 2. The van der Waals surface area contributed by atoms with Crippen molar-refractivity contribution in [3.63, 3.8) is 0 Å². The monoisotopic (exact) mass is 290 g/mol. The van der Waals surface area contributed by atoms with Crippen LogP contribution in [0.4, 0.5) is 10.5 Å². The molecule has 1 saturated heterocycles. The van der Waals surface area contributed by atoms with Crippen LogP contribution in [0.25, 0.3) is 0 Å². The minimum Gasteiger partial charge on any atom is -0.478 e. The number of fused-ring (bicyclic) bond motifs is 1. The van der Waals surface area contributed by atoms with Gasteiger partial charge in [0.2, 0.25) is 0 Å². The number of hydrogen-bond acceptors (Lipinski definition) is 3. The first kappa shape index (κ1) is 13.9. The quantitative estimate of drug-likeness (QED) is 0.875. The van der Waals surface area contributed by atoms with Gasteiger partial charge in [-0.2, -0.15) is 0 Å². The molecule has 1 aliphatic heterocycles. The Balaban J connectivity index is 1.76. The molecule has 1 heterocycles. The average Bonchev–Trinajstić information content (AvgIpc) is 2.95. The van der Waals surface area contributed by atoms with E-state index < -0.39 is 5.97 Å². The van der Waals surface area contributed by atoms with E-state index in [9.17, 15) is 9.59 Å². The summed E-state index contributed by atoms with van der Waals surface area (Å²) in [5.41, 5.74) is 0.429. The highest BCUT2D eigenvalue weighted by atomic mass is 16.5. The second kappa shape index (κ2) is 5.73. The van der Waals surface area contributed by atoms with Crippen molar-refractivity contribution in [3.8, 4) is 0 Å².